The summed E-state index contributed by atoms with van der Waals surface area (Å²) in [5.41, 5.74) is 1.03. The van der Waals surface area contributed by atoms with E-state index in [4.69, 9.17) is 16.3 Å². The average molecular weight is 443 g/mol. The van der Waals surface area contributed by atoms with E-state index in [0.29, 0.717) is 29.8 Å². The van der Waals surface area contributed by atoms with Crippen LogP contribution in [0.15, 0.2) is 59.8 Å². The van der Waals surface area contributed by atoms with Crippen LogP contribution in [0.2, 0.25) is 5.02 Å². The maximum absolute atomic E-state index is 12.6. The van der Waals surface area contributed by atoms with Gasteiger partial charge in [-0.15, -0.1) is 10.2 Å². The van der Waals surface area contributed by atoms with Crippen molar-refractivity contribution in [3.05, 3.63) is 65.4 Å². The lowest BCUT2D eigenvalue weighted by molar-refractivity contribution is -0.127. The second-order valence-electron chi connectivity index (χ2n) is 7.19. The van der Waals surface area contributed by atoms with Crippen LogP contribution in [-0.2, 0) is 4.79 Å². The van der Waals surface area contributed by atoms with E-state index in [9.17, 15) is 4.79 Å². The average Bonchev–Trinajstić information content (AvgIpc) is 3.53. The van der Waals surface area contributed by atoms with Crippen LogP contribution in [0.3, 0.4) is 0 Å². The quantitative estimate of drug-likeness (QED) is 0.459. The Labute approximate surface area is 185 Å². The molecule has 0 spiro atoms. The smallest absolute Gasteiger partial charge is 0.232 e. The first-order valence-electron chi connectivity index (χ1n) is 9.87. The Morgan fingerprint density at radius 1 is 1.17 bits per heavy atom. The summed E-state index contributed by atoms with van der Waals surface area (Å²) in [6.45, 7) is 0.918. The monoisotopic (exact) mass is 442 g/mol. The molecule has 1 heterocycles. The van der Waals surface area contributed by atoms with E-state index in [-0.39, 0.29) is 5.91 Å². The fraction of sp³-hybridized carbons (Fsp3) is 0.318. The zero-order valence-corrected chi connectivity index (χ0v) is 18.3. The van der Waals surface area contributed by atoms with Gasteiger partial charge in [0.2, 0.25) is 5.91 Å². The summed E-state index contributed by atoms with van der Waals surface area (Å²) in [6, 6.07) is 17.3. The molecule has 1 saturated carbocycles. The summed E-state index contributed by atoms with van der Waals surface area (Å²) < 4.78 is 7.75. The maximum Gasteiger partial charge on any atom is 0.232 e. The Morgan fingerprint density at radius 3 is 2.60 bits per heavy atom. The zero-order chi connectivity index (χ0) is 20.9. The summed E-state index contributed by atoms with van der Waals surface area (Å²) in [6.07, 6.45) is 2.29. The van der Waals surface area contributed by atoms with Crippen molar-refractivity contribution in [3.63, 3.8) is 0 Å². The molecule has 1 aliphatic rings. The predicted octanol–water partition coefficient (Wildman–Crippen LogP) is 4.43. The van der Waals surface area contributed by atoms with Gasteiger partial charge in [0, 0.05) is 23.7 Å². The fourth-order valence-corrected chi connectivity index (χ4v) is 4.02. The molecule has 0 radical (unpaired) electrons. The number of hydrogen-bond acceptors (Lipinski definition) is 5. The Morgan fingerprint density at radius 2 is 1.90 bits per heavy atom. The van der Waals surface area contributed by atoms with Crippen molar-refractivity contribution in [1.29, 1.82) is 0 Å². The van der Waals surface area contributed by atoms with Crippen LogP contribution in [0.25, 0.3) is 5.69 Å². The molecule has 3 aromatic rings. The Kier molecular flexibility index (Phi) is 6.59. The van der Waals surface area contributed by atoms with Crippen molar-refractivity contribution in [2.24, 2.45) is 0 Å². The molecule has 0 unspecified atom stereocenters. The van der Waals surface area contributed by atoms with Gasteiger partial charge >= 0.3 is 0 Å². The van der Waals surface area contributed by atoms with Gasteiger partial charge in [0.1, 0.15) is 18.2 Å². The lowest BCUT2D eigenvalue weighted by atomic mass is 10.3. The number of carbonyl (C=O) groups excluding carboxylic acids is 1. The van der Waals surface area contributed by atoms with E-state index in [1.54, 1.807) is 24.1 Å². The number of benzene rings is 2. The van der Waals surface area contributed by atoms with Crippen molar-refractivity contribution in [3.8, 4) is 11.4 Å². The molecule has 6 nitrogen and oxygen atoms in total. The highest BCUT2D eigenvalue weighted by Crippen LogP contribution is 2.41. The lowest BCUT2D eigenvalue weighted by Crippen LogP contribution is -2.32. The van der Waals surface area contributed by atoms with Gasteiger partial charge in [-0.1, -0.05) is 41.6 Å². The van der Waals surface area contributed by atoms with E-state index < -0.39 is 0 Å². The van der Waals surface area contributed by atoms with Crippen LogP contribution in [0.5, 0.6) is 5.75 Å². The number of carbonyl (C=O) groups is 1. The minimum absolute atomic E-state index is 0.0234. The molecule has 1 aromatic heterocycles. The maximum atomic E-state index is 12.6. The Bertz CT molecular complexity index is 990. The highest BCUT2D eigenvalue weighted by molar-refractivity contribution is 7.99. The van der Waals surface area contributed by atoms with Crippen molar-refractivity contribution < 1.29 is 9.53 Å². The van der Waals surface area contributed by atoms with E-state index in [0.717, 1.165) is 35.3 Å². The molecule has 156 valence electrons. The number of ether oxygens (including phenoxy) is 1. The third-order valence-electron chi connectivity index (χ3n) is 4.87. The number of amides is 1. The van der Waals surface area contributed by atoms with E-state index in [2.05, 4.69) is 14.8 Å². The third-order valence-corrected chi connectivity index (χ3v) is 6.04. The molecule has 0 N–H and O–H groups in total. The molecule has 2 aromatic carbocycles. The van der Waals surface area contributed by atoms with E-state index >= 15 is 0 Å². The highest BCUT2D eigenvalue weighted by Gasteiger charge is 2.31. The van der Waals surface area contributed by atoms with E-state index in [1.165, 1.54) is 11.8 Å². The zero-order valence-electron chi connectivity index (χ0n) is 16.7. The van der Waals surface area contributed by atoms with Crippen molar-refractivity contribution in [2.75, 3.05) is 26.0 Å². The van der Waals surface area contributed by atoms with Gasteiger partial charge in [-0.05, 0) is 49.2 Å². The standard InChI is InChI=1S/C22H23ClN4O2S/c1-26(13-14-29-19-11-9-17(23)10-12-19)20(28)15-30-22-25-24-21(16-7-8-16)27(22)18-5-3-2-4-6-18/h2-6,9-12,16H,7-8,13-15H2,1H3. The Hall–Kier alpha value is -2.51. The topological polar surface area (TPSA) is 60.2 Å². The molecular formula is C22H23ClN4O2S. The van der Waals surface area contributed by atoms with Gasteiger partial charge in [0.15, 0.2) is 5.16 Å². The van der Waals surface area contributed by atoms with Gasteiger partial charge in [-0.3, -0.25) is 9.36 Å². The second kappa shape index (κ2) is 9.53. The number of thioether (sulfide) groups is 1. The van der Waals surface area contributed by atoms with Crippen LogP contribution < -0.4 is 4.74 Å². The fourth-order valence-electron chi connectivity index (χ4n) is 2.99. The second-order valence-corrected chi connectivity index (χ2v) is 8.57. The molecule has 4 rings (SSSR count). The number of hydrogen-bond donors (Lipinski definition) is 0. The number of halogens is 1. The molecule has 0 aliphatic heterocycles. The van der Waals surface area contributed by atoms with Crippen LogP contribution >= 0.6 is 23.4 Å². The minimum Gasteiger partial charge on any atom is -0.492 e. The first-order chi connectivity index (χ1) is 14.6. The molecule has 8 heteroatoms. The van der Waals surface area contributed by atoms with Crippen LogP contribution in [0.4, 0.5) is 0 Å². The predicted molar refractivity (Wildman–Crippen MR) is 119 cm³/mol. The third kappa shape index (κ3) is 5.15. The largest absolute Gasteiger partial charge is 0.492 e. The number of nitrogens with zero attached hydrogens (tertiary/aromatic N) is 4. The number of likely N-dealkylation sites (N-methyl/N-ethyl adjacent to an activating group) is 1. The summed E-state index contributed by atoms with van der Waals surface area (Å²) >= 11 is 7.29. The normalized spacial score (nSPS) is 13.3. The van der Waals surface area contributed by atoms with Crippen LogP contribution in [0.1, 0.15) is 24.6 Å². The molecule has 1 aliphatic carbocycles. The van der Waals surface area contributed by atoms with E-state index in [1.807, 2.05) is 42.5 Å². The molecule has 30 heavy (non-hydrogen) atoms. The van der Waals surface area contributed by atoms with Gasteiger partial charge in [-0.25, -0.2) is 0 Å². The molecule has 0 atom stereocenters. The van der Waals surface area contributed by atoms with Gasteiger partial charge in [-0.2, -0.15) is 0 Å². The molecule has 1 amide bonds. The number of aromatic nitrogens is 3. The molecule has 0 saturated heterocycles. The minimum atomic E-state index is 0.0234. The van der Waals surface area contributed by atoms with Gasteiger partial charge < -0.3 is 9.64 Å². The summed E-state index contributed by atoms with van der Waals surface area (Å²) in [4.78, 5) is 14.3. The first kappa shape index (κ1) is 20.8. The van der Waals surface area contributed by atoms with Gasteiger partial charge in [0.25, 0.3) is 0 Å². The Balaban J connectivity index is 1.33. The first-order valence-corrected chi connectivity index (χ1v) is 11.2. The molecule has 0 bridgehead atoms. The summed E-state index contributed by atoms with van der Waals surface area (Å²) in [5.74, 6) is 2.51. The van der Waals surface area contributed by atoms with Crippen molar-refractivity contribution >= 4 is 29.3 Å². The number of para-hydroxylation sites is 1. The summed E-state index contributed by atoms with van der Waals surface area (Å²) in [7, 11) is 1.78. The lowest BCUT2D eigenvalue weighted by Gasteiger charge is -2.17. The summed E-state index contributed by atoms with van der Waals surface area (Å²) in [5, 5.41) is 10.2. The SMILES string of the molecule is CN(CCOc1ccc(Cl)cc1)C(=O)CSc1nnc(C2CC2)n1-c1ccccc1. The molecule has 1 fully saturated rings. The van der Waals surface area contributed by atoms with Crippen LogP contribution in [-0.4, -0.2) is 51.5 Å². The molecular weight excluding hydrogens is 420 g/mol. The van der Waals surface area contributed by atoms with Gasteiger partial charge in [0.05, 0.1) is 12.3 Å². The highest BCUT2D eigenvalue weighted by atomic mass is 35.5. The van der Waals surface area contributed by atoms with Crippen LogP contribution in [0, 0.1) is 0 Å². The van der Waals surface area contributed by atoms with Crippen molar-refractivity contribution in [1.82, 2.24) is 19.7 Å². The van der Waals surface area contributed by atoms with Crippen molar-refractivity contribution in [2.45, 2.75) is 23.9 Å². The number of rotatable bonds is 9.